The van der Waals surface area contributed by atoms with Crippen molar-refractivity contribution in [2.75, 3.05) is 0 Å². The molecule has 0 spiro atoms. The molecular weight excluding hydrogens is 200 g/mol. The third-order valence-corrected chi connectivity index (χ3v) is 2.69. The van der Waals surface area contributed by atoms with Crippen LogP contribution >= 0.6 is 0 Å². The Labute approximate surface area is 92.9 Å². The molecule has 1 N–H and O–H groups in total. The van der Waals surface area contributed by atoms with Crippen LogP contribution in [0.1, 0.15) is 5.56 Å². The second-order valence-corrected chi connectivity index (χ2v) is 3.96. The number of aryl methyl sites for hydroxylation is 2. The van der Waals surface area contributed by atoms with Crippen LogP contribution in [0.2, 0.25) is 0 Å². The number of benzene rings is 1. The summed E-state index contributed by atoms with van der Waals surface area (Å²) >= 11 is 0. The Morgan fingerprint density at radius 1 is 1.31 bits per heavy atom. The van der Waals surface area contributed by atoms with E-state index in [1.807, 2.05) is 31.6 Å². The van der Waals surface area contributed by atoms with Crippen molar-refractivity contribution in [3.05, 3.63) is 36.2 Å². The van der Waals surface area contributed by atoms with Crippen LogP contribution in [0.5, 0.6) is 0 Å². The van der Waals surface area contributed by atoms with Gasteiger partial charge in [-0.25, -0.2) is 4.98 Å². The van der Waals surface area contributed by atoms with Crippen LogP contribution < -0.4 is 0 Å². The lowest BCUT2D eigenvalue weighted by atomic mass is 10.2. The molecule has 0 aliphatic heterocycles. The number of nitrogens with zero attached hydrogens (tertiary/aromatic N) is 3. The highest BCUT2D eigenvalue weighted by Crippen LogP contribution is 2.21. The molecule has 3 rings (SSSR count). The van der Waals surface area contributed by atoms with E-state index in [1.165, 1.54) is 5.56 Å². The van der Waals surface area contributed by atoms with Gasteiger partial charge in [0, 0.05) is 13.2 Å². The van der Waals surface area contributed by atoms with Gasteiger partial charge in [0.05, 0.1) is 22.8 Å². The fourth-order valence-electron chi connectivity index (χ4n) is 1.86. The summed E-state index contributed by atoms with van der Waals surface area (Å²) in [4.78, 5) is 7.89. The Balaban J connectivity index is 2.22. The fraction of sp³-hybridized carbons (Fsp3) is 0.167. The van der Waals surface area contributed by atoms with Crippen molar-refractivity contribution in [3.63, 3.8) is 0 Å². The molecule has 0 bridgehead atoms. The summed E-state index contributed by atoms with van der Waals surface area (Å²) in [7, 11) is 1.90. The fourth-order valence-corrected chi connectivity index (χ4v) is 1.86. The van der Waals surface area contributed by atoms with Crippen molar-refractivity contribution in [3.8, 4) is 11.4 Å². The van der Waals surface area contributed by atoms with E-state index in [4.69, 9.17) is 0 Å². The number of hydrogen-bond acceptors (Lipinski definition) is 2. The third-order valence-electron chi connectivity index (χ3n) is 2.69. The number of aromatic nitrogens is 4. The van der Waals surface area contributed by atoms with Gasteiger partial charge in [-0.05, 0) is 18.6 Å². The van der Waals surface area contributed by atoms with Gasteiger partial charge in [0.1, 0.15) is 5.82 Å². The highest BCUT2D eigenvalue weighted by Gasteiger charge is 2.07. The summed E-state index contributed by atoms with van der Waals surface area (Å²) in [6, 6.07) is 6.13. The number of hydrogen-bond donors (Lipinski definition) is 1. The predicted octanol–water partition coefficient (Wildman–Crippen LogP) is 2.27. The van der Waals surface area contributed by atoms with E-state index in [1.54, 1.807) is 4.68 Å². The number of para-hydroxylation sites is 1. The minimum Gasteiger partial charge on any atom is -0.338 e. The molecule has 4 heteroatoms. The lowest BCUT2D eigenvalue weighted by molar-refractivity contribution is 0.768. The van der Waals surface area contributed by atoms with Crippen LogP contribution in [0.4, 0.5) is 0 Å². The summed E-state index contributed by atoms with van der Waals surface area (Å²) in [5.74, 6) is 0.873. The van der Waals surface area contributed by atoms with E-state index in [9.17, 15) is 0 Å². The summed E-state index contributed by atoms with van der Waals surface area (Å²) in [5.41, 5.74) is 4.29. The van der Waals surface area contributed by atoms with Crippen LogP contribution in [-0.4, -0.2) is 19.7 Å². The first kappa shape index (κ1) is 9.15. The molecule has 2 heterocycles. The number of aromatic amines is 1. The van der Waals surface area contributed by atoms with E-state index in [0.717, 1.165) is 22.4 Å². The highest BCUT2D eigenvalue weighted by atomic mass is 15.2. The van der Waals surface area contributed by atoms with Crippen LogP contribution in [0.15, 0.2) is 30.6 Å². The molecule has 0 saturated heterocycles. The SMILES string of the molecule is Cc1cccc2[nH]c(-c3cnn(C)c3)nc12. The van der Waals surface area contributed by atoms with Gasteiger partial charge >= 0.3 is 0 Å². The van der Waals surface area contributed by atoms with Gasteiger partial charge < -0.3 is 4.98 Å². The van der Waals surface area contributed by atoms with Crippen molar-refractivity contribution in [2.24, 2.45) is 7.05 Å². The topological polar surface area (TPSA) is 46.5 Å². The standard InChI is InChI=1S/C12H12N4/c1-8-4-3-5-10-11(8)15-12(14-10)9-6-13-16(2)7-9/h3-7H,1-2H3,(H,14,15). The Bertz CT molecular complexity index is 648. The molecule has 0 radical (unpaired) electrons. The van der Waals surface area contributed by atoms with Crippen molar-refractivity contribution in [2.45, 2.75) is 6.92 Å². The van der Waals surface area contributed by atoms with E-state index < -0.39 is 0 Å². The quantitative estimate of drug-likeness (QED) is 0.672. The number of H-pyrrole nitrogens is 1. The van der Waals surface area contributed by atoms with E-state index in [-0.39, 0.29) is 0 Å². The van der Waals surface area contributed by atoms with Gasteiger partial charge in [-0.1, -0.05) is 12.1 Å². The van der Waals surface area contributed by atoms with Gasteiger partial charge in [0.2, 0.25) is 0 Å². The normalized spacial score (nSPS) is 11.1. The van der Waals surface area contributed by atoms with Crippen molar-refractivity contribution in [1.82, 2.24) is 19.7 Å². The van der Waals surface area contributed by atoms with Crippen molar-refractivity contribution in [1.29, 1.82) is 0 Å². The summed E-state index contributed by atoms with van der Waals surface area (Å²) in [5, 5.41) is 4.14. The Kier molecular flexibility index (Phi) is 1.83. The van der Waals surface area contributed by atoms with Gasteiger partial charge in [0.25, 0.3) is 0 Å². The molecule has 2 aromatic heterocycles. The molecule has 80 valence electrons. The summed E-state index contributed by atoms with van der Waals surface area (Å²) in [6.45, 7) is 2.07. The molecule has 0 amide bonds. The summed E-state index contributed by atoms with van der Waals surface area (Å²) < 4.78 is 1.77. The first-order chi connectivity index (χ1) is 7.74. The minimum absolute atomic E-state index is 0.873. The van der Waals surface area contributed by atoms with Crippen LogP contribution in [0.3, 0.4) is 0 Å². The maximum atomic E-state index is 4.59. The molecule has 3 aromatic rings. The average molecular weight is 212 g/mol. The molecule has 1 aromatic carbocycles. The Hall–Kier alpha value is -2.10. The zero-order chi connectivity index (χ0) is 11.1. The molecule has 0 aliphatic rings. The molecule has 0 fully saturated rings. The average Bonchev–Trinajstić information content (AvgIpc) is 2.84. The lowest BCUT2D eigenvalue weighted by Crippen LogP contribution is -1.84. The largest absolute Gasteiger partial charge is 0.338 e. The van der Waals surface area contributed by atoms with Gasteiger partial charge in [0.15, 0.2) is 0 Å². The number of rotatable bonds is 1. The lowest BCUT2D eigenvalue weighted by Gasteiger charge is -1.90. The predicted molar refractivity (Wildman–Crippen MR) is 63.0 cm³/mol. The second-order valence-electron chi connectivity index (χ2n) is 3.96. The van der Waals surface area contributed by atoms with Gasteiger partial charge in [-0.2, -0.15) is 5.10 Å². The van der Waals surface area contributed by atoms with Crippen molar-refractivity contribution >= 4 is 11.0 Å². The molecule has 16 heavy (non-hydrogen) atoms. The molecule has 4 nitrogen and oxygen atoms in total. The van der Waals surface area contributed by atoms with Gasteiger partial charge in [-0.15, -0.1) is 0 Å². The maximum absolute atomic E-state index is 4.59. The first-order valence-electron chi connectivity index (χ1n) is 5.18. The van der Waals surface area contributed by atoms with E-state index in [0.29, 0.717) is 0 Å². The molecular formula is C12H12N4. The zero-order valence-electron chi connectivity index (χ0n) is 9.23. The molecule has 0 aliphatic carbocycles. The zero-order valence-corrected chi connectivity index (χ0v) is 9.23. The monoisotopic (exact) mass is 212 g/mol. The third kappa shape index (κ3) is 1.31. The van der Waals surface area contributed by atoms with Crippen LogP contribution in [0.25, 0.3) is 22.4 Å². The van der Waals surface area contributed by atoms with Crippen molar-refractivity contribution < 1.29 is 0 Å². The number of imidazole rings is 1. The second kappa shape index (κ2) is 3.20. The van der Waals surface area contributed by atoms with Gasteiger partial charge in [-0.3, -0.25) is 4.68 Å². The molecule has 0 atom stereocenters. The van der Waals surface area contributed by atoms with Crippen LogP contribution in [-0.2, 0) is 7.05 Å². The number of nitrogens with one attached hydrogen (secondary N) is 1. The molecule has 0 saturated carbocycles. The Morgan fingerprint density at radius 2 is 2.19 bits per heavy atom. The van der Waals surface area contributed by atoms with E-state index in [2.05, 4.69) is 28.1 Å². The summed E-state index contributed by atoms with van der Waals surface area (Å²) in [6.07, 6.45) is 3.76. The number of fused-ring (bicyclic) bond motifs is 1. The maximum Gasteiger partial charge on any atom is 0.141 e. The van der Waals surface area contributed by atoms with Crippen LogP contribution in [0, 0.1) is 6.92 Å². The van der Waals surface area contributed by atoms with E-state index >= 15 is 0 Å². The minimum atomic E-state index is 0.873. The molecule has 0 unspecified atom stereocenters. The first-order valence-corrected chi connectivity index (χ1v) is 5.18. The Morgan fingerprint density at radius 3 is 2.88 bits per heavy atom. The smallest absolute Gasteiger partial charge is 0.141 e. The highest BCUT2D eigenvalue weighted by molar-refractivity contribution is 5.81.